The minimum atomic E-state index is 0.461. The maximum Gasteiger partial charge on any atom is 0.172 e. The van der Waals surface area contributed by atoms with Crippen molar-refractivity contribution in [2.75, 3.05) is 69.2 Å². The molecular weight excluding hydrogens is 580 g/mol. The number of pyridine rings is 1. The van der Waals surface area contributed by atoms with Gasteiger partial charge in [0.25, 0.3) is 0 Å². The molecule has 0 aliphatic carbocycles. The van der Waals surface area contributed by atoms with E-state index in [4.69, 9.17) is 21.3 Å². The van der Waals surface area contributed by atoms with Gasteiger partial charge in [-0.15, -0.1) is 0 Å². The Morgan fingerprint density at radius 3 is 2.56 bits per heavy atom. The number of ether oxygens (including phenoxy) is 1. The van der Waals surface area contributed by atoms with Crippen LogP contribution in [0, 0.1) is 11.3 Å². The van der Waals surface area contributed by atoms with Gasteiger partial charge in [-0.05, 0) is 62.8 Å². The second-order valence-electron chi connectivity index (χ2n) is 11.0. The number of piperazine rings is 1. The molecular formula is C32H37ClN8OS. The number of benzene rings is 2. The molecule has 11 heteroatoms. The van der Waals surface area contributed by atoms with Crippen LogP contribution in [0.15, 0.2) is 59.0 Å². The third kappa shape index (κ3) is 6.70. The molecule has 2 fully saturated rings. The monoisotopic (exact) mass is 616 g/mol. The van der Waals surface area contributed by atoms with E-state index < -0.39 is 0 Å². The summed E-state index contributed by atoms with van der Waals surface area (Å²) in [5, 5.41) is 15.8. The summed E-state index contributed by atoms with van der Waals surface area (Å²) >= 11 is 8.22. The normalized spacial score (nSPS) is 16.1. The Morgan fingerprint density at radius 2 is 1.86 bits per heavy atom. The second kappa shape index (κ2) is 13.4. The predicted molar refractivity (Wildman–Crippen MR) is 174 cm³/mol. The summed E-state index contributed by atoms with van der Waals surface area (Å²) in [4.78, 5) is 17.3. The van der Waals surface area contributed by atoms with Gasteiger partial charge in [-0.2, -0.15) is 5.26 Å². The van der Waals surface area contributed by atoms with Gasteiger partial charge >= 0.3 is 0 Å². The first-order valence-corrected chi connectivity index (χ1v) is 16.1. The molecule has 2 aliphatic rings. The van der Waals surface area contributed by atoms with Crippen LogP contribution in [0.2, 0.25) is 5.02 Å². The standard InChI is InChI=1S/C32H37ClN8OS/c1-3-39-12-14-41(15-13-39)28-20-27-25(19-29(28)42-17-16-40-9-4-5-10-40)31(23(21-34)22-36-27)37-24-6-7-30(26(33)18-24)43-32-35-8-11-38(32)2/h6-8,11,18-20,22H,3-5,9-10,12-17H2,1-2H3,(H,36,37). The Morgan fingerprint density at radius 1 is 1.05 bits per heavy atom. The number of nitrogens with one attached hydrogen (secondary N) is 1. The zero-order valence-corrected chi connectivity index (χ0v) is 26.3. The van der Waals surface area contributed by atoms with Crippen molar-refractivity contribution in [2.24, 2.45) is 7.05 Å². The molecule has 1 N–H and O–H groups in total. The quantitative estimate of drug-likeness (QED) is 0.230. The van der Waals surface area contributed by atoms with Crippen LogP contribution < -0.4 is 15.0 Å². The zero-order chi connectivity index (χ0) is 29.8. The van der Waals surface area contributed by atoms with Gasteiger partial charge in [0.15, 0.2) is 5.16 Å². The molecule has 4 aromatic rings. The van der Waals surface area contributed by atoms with Crippen LogP contribution in [-0.4, -0.2) is 83.3 Å². The summed E-state index contributed by atoms with van der Waals surface area (Å²) in [5.74, 6) is 0.830. The second-order valence-corrected chi connectivity index (χ2v) is 12.4. The minimum absolute atomic E-state index is 0.461. The summed E-state index contributed by atoms with van der Waals surface area (Å²) in [6, 6.07) is 12.3. The smallest absolute Gasteiger partial charge is 0.172 e. The van der Waals surface area contributed by atoms with Gasteiger partial charge in [0.05, 0.1) is 27.5 Å². The molecule has 9 nitrogen and oxygen atoms in total. The van der Waals surface area contributed by atoms with Gasteiger partial charge in [0, 0.05) is 74.3 Å². The fourth-order valence-corrected chi connectivity index (χ4v) is 6.84. The predicted octanol–water partition coefficient (Wildman–Crippen LogP) is 6.00. The number of rotatable bonds is 10. The van der Waals surface area contributed by atoms with E-state index in [2.05, 4.69) is 50.1 Å². The highest BCUT2D eigenvalue weighted by atomic mass is 35.5. The van der Waals surface area contributed by atoms with Crippen LogP contribution >= 0.6 is 23.4 Å². The fourth-order valence-electron chi connectivity index (χ4n) is 5.74. The Hall–Kier alpha value is -3.49. The molecule has 4 heterocycles. The molecule has 0 saturated carbocycles. The lowest BCUT2D eigenvalue weighted by Gasteiger charge is -2.36. The fraction of sp³-hybridized carbons (Fsp3) is 0.406. The van der Waals surface area contributed by atoms with Crippen LogP contribution in [-0.2, 0) is 7.05 Å². The van der Waals surface area contributed by atoms with Gasteiger partial charge in [0.2, 0.25) is 0 Å². The van der Waals surface area contributed by atoms with E-state index in [-0.39, 0.29) is 0 Å². The number of fused-ring (bicyclic) bond motifs is 1. The lowest BCUT2D eigenvalue weighted by molar-refractivity contribution is 0.236. The van der Waals surface area contributed by atoms with Gasteiger partial charge in [-0.1, -0.05) is 30.3 Å². The van der Waals surface area contributed by atoms with E-state index in [0.717, 1.165) is 90.4 Å². The molecule has 0 spiro atoms. The molecule has 0 atom stereocenters. The molecule has 0 unspecified atom stereocenters. The number of anilines is 3. The molecule has 224 valence electrons. The lowest BCUT2D eigenvalue weighted by Crippen LogP contribution is -2.46. The van der Waals surface area contributed by atoms with Crippen LogP contribution in [0.3, 0.4) is 0 Å². The number of likely N-dealkylation sites (tertiary alicyclic amines) is 1. The molecule has 0 bridgehead atoms. The summed E-state index contributed by atoms with van der Waals surface area (Å²) in [5.41, 5.74) is 3.82. The molecule has 0 amide bonds. The van der Waals surface area contributed by atoms with Gasteiger partial charge in [-0.25, -0.2) is 4.98 Å². The van der Waals surface area contributed by atoms with E-state index in [0.29, 0.717) is 22.9 Å². The van der Waals surface area contributed by atoms with Crippen molar-refractivity contribution in [1.82, 2.24) is 24.3 Å². The number of aryl methyl sites for hydroxylation is 1. The lowest BCUT2D eigenvalue weighted by atomic mass is 10.1. The van der Waals surface area contributed by atoms with E-state index >= 15 is 0 Å². The van der Waals surface area contributed by atoms with Crippen molar-refractivity contribution in [3.63, 3.8) is 0 Å². The van der Waals surface area contributed by atoms with Crippen molar-refractivity contribution in [2.45, 2.75) is 29.8 Å². The van der Waals surface area contributed by atoms with Crippen LogP contribution in [0.4, 0.5) is 17.1 Å². The minimum Gasteiger partial charge on any atom is -0.490 e. The van der Waals surface area contributed by atoms with Crippen molar-refractivity contribution < 1.29 is 4.74 Å². The number of halogens is 1. The van der Waals surface area contributed by atoms with Crippen molar-refractivity contribution in [3.05, 3.63) is 59.5 Å². The van der Waals surface area contributed by atoms with Crippen molar-refractivity contribution in [1.29, 1.82) is 5.26 Å². The third-order valence-electron chi connectivity index (χ3n) is 8.27. The first-order chi connectivity index (χ1) is 21.0. The van der Waals surface area contributed by atoms with Crippen LogP contribution in [0.25, 0.3) is 10.9 Å². The number of nitriles is 1. The summed E-state index contributed by atoms with van der Waals surface area (Å²) in [6.07, 6.45) is 7.83. The molecule has 2 aliphatic heterocycles. The van der Waals surface area contributed by atoms with Gasteiger partial charge in [-0.3, -0.25) is 9.88 Å². The number of aromatic nitrogens is 3. The highest BCUT2D eigenvalue weighted by Crippen LogP contribution is 2.40. The van der Waals surface area contributed by atoms with Crippen molar-refractivity contribution in [3.8, 4) is 11.8 Å². The van der Waals surface area contributed by atoms with Crippen LogP contribution in [0.1, 0.15) is 25.3 Å². The first kappa shape index (κ1) is 29.6. The number of hydrogen-bond donors (Lipinski definition) is 1. The molecule has 43 heavy (non-hydrogen) atoms. The number of hydrogen-bond acceptors (Lipinski definition) is 9. The summed E-state index contributed by atoms with van der Waals surface area (Å²) in [7, 11) is 1.96. The Bertz CT molecular complexity index is 1620. The molecule has 6 rings (SSSR count). The maximum atomic E-state index is 10.0. The Balaban J connectivity index is 1.32. The average molecular weight is 617 g/mol. The number of likely N-dealkylation sites (N-methyl/N-ethyl adjacent to an activating group) is 1. The topological polar surface area (TPSA) is 85.5 Å². The van der Waals surface area contributed by atoms with E-state index in [9.17, 15) is 5.26 Å². The third-order valence-corrected chi connectivity index (χ3v) is 9.85. The van der Waals surface area contributed by atoms with Gasteiger partial charge < -0.3 is 24.4 Å². The molecule has 2 aromatic heterocycles. The molecule has 2 saturated heterocycles. The summed E-state index contributed by atoms with van der Waals surface area (Å²) < 4.78 is 8.48. The van der Waals surface area contributed by atoms with E-state index in [1.807, 2.05) is 36.0 Å². The Labute approximate surface area is 262 Å². The average Bonchev–Trinajstić information content (AvgIpc) is 3.70. The number of nitrogens with zero attached hydrogens (tertiary/aromatic N) is 7. The molecule has 2 aromatic carbocycles. The highest BCUT2D eigenvalue weighted by molar-refractivity contribution is 7.99. The number of imidazole rings is 1. The highest BCUT2D eigenvalue weighted by Gasteiger charge is 2.22. The SMILES string of the molecule is CCN1CCN(c2cc3ncc(C#N)c(Nc4ccc(Sc5nccn5C)c(Cl)c4)c3cc2OCCN2CCCC2)CC1. The van der Waals surface area contributed by atoms with Gasteiger partial charge in [0.1, 0.15) is 18.4 Å². The van der Waals surface area contributed by atoms with E-state index in [1.165, 1.54) is 24.6 Å². The van der Waals surface area contributed by atoms with Crippen LogP contribution in [0.5, 0.6) is 5.75 Å². The Kier molecular flexibility index (Phi) is 9.24. The maximum absolute atomic E-state index is 10.0. The summed E-state index contributed by atoms with van der Waals surface area (Å²) in [6.45, 7) is 11.0. The largest absolute Gasteiger partial charge is 0.490 e. The zero-order valence-electron chi connectivity index (χ0n) is 24.7. The van der Waals surface area contributed by atoms with Crippen molar-refractivity contribution >= 4 is 51.3 Å². The first-order valence-electron chi connectivity index (χ1n) is 14.9. The van der Waals surface area contributed by atoms with E-state index in [1.54, 1.807) is 12.4 Å². The molecule has 0 radical (unpaired) electrons.